The van der Waals surface area contributed by atoms with E-state index in [-0.39, 0.29) is 65.4 Å². The molecular weight excluding hydrogens is 466 g/mol. The monoisotopic (exact) mass is 507 g/mol. The van der Waals surface area contributed by atoms with Crippen LogP contribution in [0.3, 0.4) is 0 Å². The summed E-state index contributed by atoms with van der Waals surface area (Å²) >= 11 is 0. The summed E-state index contributed by atoms with van der Waals surface area (Å²) in [6, 6.07) is 0. The third-order valence-electron chi connectivity index (χ3n) is 8.02. The van der Waals surface area contributed by atoms with Crippen molar-refractivity contribution in [1.29, 1.82) is 0 Å². The molecule has 144 valence electrons. The van der Waals surface area contributed by atoms with E-state index in [9.17, 15) is 0 Å². The van der Waals surface area contributed by atoms with E-state index in [0.717, 1.165) is 41.4 Å². The second-order valence-electron chi connectivity index (χ2n) is 9.59. The number of allylic oxidation sites excluding steroid dienone is 1. The van der Waals surface area contributed by atoms with Crippen molar-refractivity contribution in [2.45, 2.75) is 90.9 Å². The zero-order chi connectivity index (χ0) is 16.9. The van der Waals surface area contributed by atoms with Crippen molar-refractivity contribution < 1.29 is 65.4 Å². The van der Waals surface area contributed by atoms with Crippen molar-refractivity contribution in [3.05, 3.63) is 19.1 Å². The molecule has 0 aromatic heterocycles. The van der Waals surface area contributed by atoms with Gasteiger partial charge in [-0.2, -0.15) is 11.8 Å². The van der Waals surface area contributed by atoms with Gasteiger partial charge in [0.1, 0.15) is 0 Å². The van der Waals surface area contributed by atoms with Gasteiger partial charge in [-0.25, -0.2) is 0 Å². The molecule has 0 nitrogen and oxygen atoms in total. The molecule has 0 aromatic carbocycles. The first-order valence-electron chi connectivity index (χ1n) is 11.1. The van der Waals surface area contributed by atoms with Crippen LogP contribution in [0.2, 0.25) is 0 Å². The van der Waals surface area contributed by atoms with Crippen LogP contribution in [-0.2, 0) is 65.4 Å². The molecule has 3 fully saturated rings. The third-order valence-corrected chi connectivity index (χ3v) is 8.02. The van der Waals surface area contributed by atoms with Crippen molar-refractivity contribution >= 4 is 0 Å². The first kappa shape index (κ1) is 26.0. The van der Waals surface area contributed by atoms with E-state index in [1.165, 1.54) is 64.2 Å². The second kappa shape index (κ2) is 13.3. The standard InChI is InChI=1S/C24H41.2Y/c1-4-5-6-20-8-10-21(11-9-20)22-12-14-23(15-13-22)24-16-7-18(2)17-19(24)3;;/h4,17-24H,1,5-16H2,2-3H3;;/q-1;;. The molecule has 0 N–H and O–H groups in total. The summed E-state index contributed by atoms with van der Waals surface area (Å²) in [4.78, 5) is 0. The van der Waals surface area contributed by atoms with Gasteiger partial charge in [-0.05, 0) is 75.0 Å². The van der Waals surface area contributed by atoms with E-state index in [0.29, 0.717) is 0 Å². The molecule has 3 rings (SSSR count). The summed E-state index contributed by atoms with van der Waals surface area (Å²) in [6.07, 6.45) is 22.6. The second-order valence-corrected chi connectivity index (χ2v) is 9.59. The van der Waals surface area contributed by atoms with Crippen molar-refractivity contribution in [3.8, 4) is 0 Å². The number of hydrogen-bond acceptors (Lipinski definition) is 0. The topological polar surface area (TPSA) is 0 Å². The minimum Gasteiger partial charge on any atom is -0.323 e. The average molecular weight is 507 g/mol. The Kier molecular flexibility index (Phi) is 13.3. The average Bonchev–Trinajstić information content (AvgIpc) is 2.61. The molecule has 0 heterocycles. The molecule has 0 saturated heterocycles. The van der Waals surface area contributed by atoms with E-state index >= 15 is 0 Å². The van der Waals surface area contributed by atoms with Crippen molar-refractivity contribution in [1.82, 2.24) is 0 Å². The summed E-state index contributed by atoms with van der Waals surface area (Å²) in [6.45, 7) is 8.79. The normalized spacial score (nSPS) is 40.8. The molecule has 0 spiro atoms. The van der Waals surface area contributed by atoms with E-state index < -0.39 is 0 Å². The van der Waals surface area contributed by atoms with Gasteiger partial charge in [-0.3, -0.25) is 0 Å². The number of rotatable bonds is 5. The summed E-state index contributed by atoms with van der Waals surface area (Å²) in [5, 5.41) is 0. The molecular formula is C24H41Y2-. The molecule has 3 atom stereocenters. The quantitative estimate of drug-likeness (QED) is 0.268. The molecule has 0 aliphatic heterocycles. The maximum atomic E-state index is 3.89. The molecule has 3 unspecified atom stereocenters. The van der Waals surface area contributed by atoms with Crippen molar-refractivity contribution in [3.63, 3.8) is 0 Å². The van der Waals surface area contributed by atoms with Gasteiger partial charge in [0.05, 0.1) is 0 Å². The summed E-state index contributed by atoms with van der Waals surface area (Å²) in [5.41, 5.74) is 0. The van der Waals surface area contributed by atoms with Gasteiger partial charge in [0.25, 0.3) is 0 Å². The van der Waals surface area contributed by atoms with Gasteiger partial charge < -0.3 is 6.42 Å². The maximum Gasteiger partial charge on any atom is 0 e. The Hall–Kier alpha value is 1.95. The Bertz CT molecular complexity index is 378. The van der Waals surface area contributed by atoms with E-state index in [4.69, 9.17) is 0 Å². The predicted octanol–water partition coefficient (Wildman–Crippen LogP) is 7.45. The minimum atomic E-state index is 0. The Balaban J connectivity index is 0.00000169. The van der Waals surface area contributed by atoms with Gasteiger partial charge >= 0.3 is 0 Å². The Morgan fingerprint density at radius 3 is 1.85 bits per heavy atom. The molecule has 26 heavy (non-hydrogen) atoms. The Morgan fingerprint density at radius 1 is 0.769 bits per heavy atom. The summed E-state index contributed by atoms with van der Waals surface area (Å²) in [7, 11) is 0. The molecule has 2 heteroatoms. The van der Waals surface area contributed by atoms with Crippen molar-refractivity contribution in [2.24, 2.45) is 41.4 Å². The van der Waals surface area contributed by atoms with E-state index in [1.807, 2.05) is 0 Å². The van der Waals surface area contributed by atoms with Crippen LogP contribution in [0, 0.1) is 47.8 Å². The SMILES string of the molecule is C=CCCC1CCC(C2CCC(C3CCC(C)[CH-]C3C)CC2)CC1.[Y].[Y]. The number of hydrogen-bond donors (Lipinski definition) is 0. The zero-order valence-corrected chi connectivity index (χ0v) is 23.2. The van der Waals surface area contributed by atoms with Crippen LogP contribution < -0.4 is 0 Å². The molecule has 3 aliphatic carbocycles. The van der Waals surface area contributed by atoms with E-state index in [2.05, 4.69) is 32.9 Å². The molecule has 3 aliphatic rings. The molecule has 0 bridgehead atoms. The molecule has 2 radical (unpaired) electrons. The van der Waals surface area contributed by atoms with Crippen LogP contribution in [0.15, 0.2) is 12.7 Å². The maximum absolute atomic E-state index is 3.89. The van der Waals surface area contributed by atoms with E-state index in [1.54, 1.807) is 12.8 Å². The van der Waals surface area contributed by atoms with Gasteiger partial charge in [-0.15, -0.1) is 6.58 Å². The fourth-order valence-electron chi connectivity index (χ4n) is 6.49. The van der Waals surface area contributed by atoms with Gasteiger partial charge in [0.15, 0.2) is 0 Å². The van der Waals surface area contributed by atoms with Crippen LogP contribution in [0.1, 0.15) is 90.9 Å². The van der Waals surface area contributed by atoms with Gasteiger partial charge in [-0.1, -0.05) is 51.5 Å². The summed E-state index contributed by atoms with van der Waals surface area (Å²) in [5.74, 6) is 6.95. The first-order chi connectivity index (χ1) is 11.7. The minimum absolute atomic E-state index is 0. The zero-order valence-electron chi connectivity index (χ0n) is 17.5. The fraction of sp³-hybridized carbons (Fsp3) is 0.875. The van der Waals surface area contributed by atoms with Crippen LogP contribution in [0.4, 0.5) is 0 Å². The van der Waals surface area contributed by atoms with Gasteiger partial charge in [0, 0.05) is 65.4 Å². The fourth-order valence-corrected chi connectivity index (χ4v) is 6.49. The van der Waals surface area contributed by atoms with Gasteiger partial charge in [0.2, 0.25) is 0 Å². The molecule has 3 saturated carbocycles. The Labute approximate surface area is 214 Å². The summed E-state index contributed by atoms with van der Waals surface area (Å²) < 4.78 is 0. The predicted molar refractivity (Wildman–Crippen MR) is 106 cm³/mol. The van der Waals surface area contributed by atoms with Crippen LogP contribution in [-0.4, -0.2) is 0 Å². The molecule has 0 aromatic rings. The van der Waals surface area contributed by atoms with Crippen molar-refractivity contribution in [2.75, 3.05) is 0 Å². The largest absolute Gasteiger partial charge is 0.323 e. The van der Waals surface area contributed by atoms with Crippen LogP contribution in [0.5, 0.6) is 0 Å². The smallest absolute Gasteiger partial charge is 0 e. The first-order valence-corrected chi connectivity index (χ1v) is 11.1. The van der Waals surface area contributed by atoms with Crippen LogP contribution in [0.25, 0.3) is 0 Å². The Morgan fingerprint density at radius 2 is 1.31 bits per heavy atom. The van der Waals surface area contributed by atoms with Crippen LogP contribution >= 0.6 is 0 Å². The third kappa shape index (κ3) is 7.33. The molecule has 0 amide bonds.